The van der Waals surface area contributed by atoms with E-state index in [1.807, 2.05) is 0 Å². The molecule has 0 aliphatic heterocycles. The van der Waals surface area contributed by atoms with E-state index < -0.39 is 5.41 Å². The highest BCUT2D eigenvalue weighted by Crippen LogP contribution is 2.65. The summed E-state index contributed by atoms with van der Waals surface area (Å²) in [4.78, 5) is 0. The fraction of sp³-hybridized carbons (Fsp3) is 0.0400. The molecule has 0 heterocycles. The molecule has 0 N–H and O–H groups in total. The van der Waals surface area contributed by atoms with Crippen molar-refractivity contribution in [3.05, 3.63) is 346 Å². The van der Waals surface area contributed by atoms with Crippen LogP contribution in [0, 0.1) is 0 Å². The van der Waals surface area contributed by atoms with E-state index in [4.69, 9.17) is 0 Å². The molecule has 0 heteroatoms. The summed E-state index contributed by atoms with van der Waals surface area (Å²) in [6, 6.07) is 106. The SMILES string of the molecule is c1ccc2c(c1)-c1ccccc1C2(c1ccc(-c2ccc3c(c2)C2(c4ccccc4-c4ccccc42)c2ccccc2-3)cc1)c1ccc(-c2ccc3c(c2)C2(c4ccccc4-c4ccccc42)c2ccccc2-3)cc1. The molecule has 12 aromatic carbocycles. The fourth-order valence-electron chi connectivity index (χ4n) is 15.4. The minimum Gasteiger partial charge on any atom is -0.0619 e. The van der Waals surface area contributed by atoms with Crippen molar-refractivity contribution in [1.29, 1.82) is 0 Å². The molecule has 0 atom stereocenters. The third-order valence-electron chi connectivity index (χ3n) is 18.2. The molecular weight excluding hydrogens is 901 g/mol. The van der Waals surface area contributed by atoms with Gasteiger partial charge < -0.3 is 0 Å². The average Bonchev–Trinajstić information content (AvgIpc) is 4.24. The third-order valence-corrected chi connectivity index (χ3v) is 18.2. The van der Waals surface area contributed by atoms with Gasteiger partial charge >= 0.3 is 0 Å². The topological polar surface area (TPSA) is 0 Å². The molecule has 0 nitrogen and oxygen atoms in total. The highest BCUT2D eigenvalue weighted by molar-refractivity contribution is 5.98. The van der Waals surface area contributed by atoms with Crippen molar-refractivity contribution in [2.24, 2.45) is 0 Å². The van der Waals surface area contributed by atoms with Crippen LogP contribution in [0.4, 0.5) is 0 Å². The van der Waals surface area contributed by atoms with Crippen molar-refractivity contribution in [2.75, 3.05) is 0 Å². The van der Waals surface area contributed by atoms with E-state index >= 15 is 0 Å². The van der Waals surface area contributed by atoms with Gasteiger partial charge in [-0.3, -0.25) is 0 Å². The minimum absolute atomic E-state index is 0.387. The lowest BCUT2D eigenvalue weighted by Crippen LogP contribution is -2.28. The molecule has 5 aliphatic rings. The summed E-state index contributed by atoms with van der Waals surface area (Å²) in [6.45, 7) is 0. The zero-order valence-electron chi connectivity index (χ0n) is 41.1. The van der Waals surface area contributed by atoms with Gasteiger partial charge in [0.05, 0.1) is 16.2 Å². The standard InChI is InChI=1S/C75H46/c1-9-25-63-53(17-1)54-18-2-10-26-64(54)73(63,51-39-33-47(34-40-51)49-37-43-61-59-23-7-15-31-69(59)74(71(61)45-49)65-27-11-3-19-55(65)56-20-4-12-28-66(56)74)52-41-35-48(36-42-52)50-38-44-62-60-24-8-16-32-70(60)75(72(62)46-50)67-29-13-5-21-57(67)58-22-6-14-30-68(58)75/h1-46H. The normalized spacial score (nSPS) is 15.0. The summed E-state index contributed by atoms with van der Waals surface area (Å²) in [5.41, 5.74) is 32.8. The van der Waals surface area contributed by atoms with Crippen molar-refractivity contribution >= 4 is 0 Å². The Kier molecular flexibility index (Phi) is 8.16. The van der Waals surface area contributed by atoms with Gasteiger partial charge in [-0.25, -0.2) is 0 Å². The number of hydrogen-bond donors (Lipinski definition) is 0. The van der Waals surface area contributed by atoms with Crippen molar-refractivity contribution < 1.29 is 0 Å². The summed E-state index contributed by atoms with van der Waals surface area (Å²) >= 11 is 0. The third kappa shape index (κ3) is 5.03. The summed E-state index contributed by atoms with van der Waals surface area (Å²) in [6.07, 6.45) is 0. The van der Waals surface area contributed by atoms with E-state index in [1.165, 1.54) is 145 Å². The zero-order chi connectivity index (χ0) is 49.0. The predicted molar refractivity (Wildman–Crippen MR) is 307 cm³/mol. The number of benzene rings is 12. The highest BCUT2D eigenvalue weighted by atomic mass is 14.5. The Labute approximate surface area is 437 Å². The summed E-state index contributed by atoms with van der Waals surface area (Å²) in [5, 5.41) is 0. The maximum Gasteiger partial charge on any atom is 0.0725 e. The second-order valence-corrected chi connectivity index (χ2v) is 21.3. The van der Waals surface area contributed by atoms with Gasteiger partial charge in [0.25, 0.3) is 0 Å². The molecule has 12 aromatic rings. The first-order valence-corrected chi connectivity index (χ1v) is 26.5. The molecule has 17 rings (SSSR count). The van der Waals surface area contributed by atoms with Gasteiger partial charge in [-0.05, 0) is 157 Å². The molecular formula is C75H46. The van der Waals surface area contributed by atoms with Crippen LogP contribution < -0.4 is 0 Å². The van der Waals surface area contributed by atoms with E-state index in [9.17, 15) is 0 Å². The van der Waals surface area contributed by atoms with Crippen LogP contribution >= 0.6 is 0 Å². The van der Waals surface area contributed by atoms with E-state index in [2.05, 4.69) is 279 Å². The molecule has 2 spiro atoms. The smallest absolute Gasteiger partial charge is 0.0619 e. The first kappa shape index (κ1) is 41.1. The fourth-order valence-corrected chi connectivity index (χ4v) is 15.4. The van der Waals surface area contributed by atoms with E-state index in [1.54, 1.807) is 0 Å². The van der Waals surface area contributed by atoms with Crippen LogP contribution in [0.1, 0.15) is 66.8 Å². The Bertz CT molecular complexity index is 4000. The molecule has 0 unspecified atom stereocenters. The molecule has 0 bridgehead atoms. The first-order valence-electron chi connectivity index (χ1n) is 26.5. The Balaban J connectivity index is 0.807. The lowest BCUT2D eigenvalue weighted by atomic mass is 9.67. The average molecular weight is 947 g/mol. The highest BCUT2D eigenvalue weighted by Gasteiger charge is 2.53. The van der Waals surface area contributed by atoms with Gasteiger partial charge in [-0.1, -0.05) is 267 Å². The van der Waals surface area contributed by atoms with Crippen LogP contribution in [0.3, 0.4) is 0 Å². The van der Waals surface area contributed by atoms with Crippen molar-refractivity contribution in [1.82, 2.24) is 0 Å². The number of hydrogen-bond acceptors (Lipinski definition) is 0. The summed E-state index contributed by atoms with van der Waals surface area (Å²) in [5.74, 6) is 0. The maximum absolute atomic E-state index is 2.50. The lowest BCUT2D eigenvalue weighted by Gasteiger charge is -2.34. The molecule has 0 fully saturated rings. The van der Waals surface area contributed by atoms with E-state index in [-0.39, 0.29) is 10.8 Å². The summed E-state index contributed by atoms with van der Waals surface area (Å²) in [7, 11) is 0. The molecule has 0 saturated carbocycles. The first-order chi connectivity index (χ1) is 37.2. The maximum atomic E-state index is 2.50. The molecule has 346 valence electrons. The molecule has 75 heavy (non-hydrogen) atoms. The van der Waals surface area contributed by atoms with Crippen LogP contribution in [0.2, 0.25) is 0 Å². The molecule has 0 aromatic heterocycles. The van der Waals surface area contributed by atoms with Gasteiger partial charge in [-0.2, -0.15) is 0 Å². The summed E-state index contributed by atoms with van der Waals surface area (Å²) < 4.78 is 0. The lowest BCUT2D eigenvalue weighted by molar-refractivity contribution is 0.768. The van der Waals surface area contributed by atoms with E-state index in [0.717, 1.165) is 0 Å². The van der Waals surface area contributed by atoms with Gasteiger partial charge in [0.2, 0.25) is 0 Å². The molecule has 0 radical (unpaired) electrons. The number of rotatable bonds is 4. The number of fused-ring (bicyclic) bond motifs is 23. The Morgan fingerprint density at radius 3 is 0.600 bits per heavy atom. The quantitative estimate of drug-likeness (QED) is 0.165. The van der Waals surface area contributed by atoms with Crippen LogP contribution in [0.5, 0.6) is 0 Å². The van der Waals surface area contributed by atoms with Gasteiger partial charge in [-0.15, -0.1) is 0 Å². The van der Waals surface area contributed by atoms with Crippen LogP contribution in [0.25, 0.3) is 77.9 Å². The van der Waals surface area contributed by atoms with Crippen molar-refractivity contribution in [3.63, 3.8) is 0 Å². The van der Waals surface area contributed by atoms with Crippen molar-refractivity contribution in [3.8, 4) is 77.9 Å². The monoisotopic (exact) mass is 946 g/mol. The van der Waals surface area contributed by atoms with Crippen LogP contribution in [0.15, 0.2) is 279 Å². The second kappa shape index (κ2) is 14.9. The largest absolute Gasteiger partial charge is 0.0725 e. The van der Waals surface area contributed by atoms with E-state index in [0.29, 0.717) is 0 Å². The van der Waals surface area contributed by atoms with Gasteiger partial charge in [0.1, 0.15) is 0 Å². The Morgan fingerprint density at radius 2 is 0.347 bits per heavy atom. The van der Waals surface area contributed by atoms with Gasteiger partial charge in [0.15, 0.2) is 0 Å². The Hall–Kier alpha value is -9.36. The van der Waals surface area contributed by atoms with Crippen molar-refractivity contribution in [2.45, 2.75) is 16.2 Å². The Morgan fingerprint density at radius 1 is 0.147 bits per heavy atom. The van der Waals surface area contributed by atoms with Crippen LogP contribution in [-0.4, -0.2) is 0 Å². The van der Waals surface area contributed by atoms with Gasteiger partial charge in [0, 0.05) is 0 Å². The minimum atomic E-state index is -0.536. The second-order valence-electron chi connectivity index (χ2n) is 21.3. The molecule has 0 saturated heterocycles. The predicted octanol–water partition coefficient (Wildman–Crippen LogP) is 18.1. The van der Waals surface area contributed by atoms with Crippen LogP contribution in [-0.2, 0) is 16.2 Å². The molecule has 5 aliphatic carbocycles. The zero-order valence-corrected chi connectivity index (χ0v) is 41.1. The molecule has 0 amide bonds.